The molecule has 0 radical (unpaired) electrons. The van der Waals surface area contributed by atoms with Crippen LogP contribution in [-0.4, -0.2) is 11.6 Å². The van der Waals surface area contributed by atoms with Crippen LogP contribution < -0.4 is 11.5 Å². The molecular weight excluding hydrogens is 256 g/mol. The van der Waals surface area contributed by atoms with Crippen molar-refractivity contribution in [2.24, 2.45) is 47.0 Å². The Morgan fingerprint density at radius 2 is 1.67 bits per heavy atom. The third kappa shape index (κ3) is 3.82. The van der Waals surface area contributed by atoms with E-state index in [1.807, 2.05) is 0 Å². The summed E-state index contributed by atoms with van der Waals surface area (Å²) in [4.78, 5) is 0. The Labute approximate surface area is 132 Å². The zero-order valence-electron chi connectivity index (χ0n) is 14.9. The Hall–Kier alpha value is -0.0800. The fourth-order valence-corrected chi connectivity index (χ4v) is 5.67. The van der Waals surface area contributed by atoms with Gasteiger partial charge in [-0.05, 0) is 74.5 Å². The van der Waals surface area contributed by atoms with Gasteiger partial charge in [0.05, 0.1) is 0 Å². The standard InChI is InChI=1S/C19H38N2/c1-6-16(15-9-12(2)18(20)13(3)10-15)17-7-8-19(5,21)11-14(17)4/h12-18H,6-11,20-21H2,1-5H3. The first-order valence-electron chi connectivity index (χ1n) is 9.29. The molecule has 0 saturated heterocycles. The van der Waals surface area contributed by atoms with Crippen LogP contribution in [0.25, 0.3) is 0 Å². The molecule has 0 bridgehead atoms. The van der Waals surface area contributed by atoms with E-state index in [0.29, 0.717) is 17.9 Å². The van der Waals surface area contributed by atoms with Crippen molar-refractivity contribution < 1.29 is 0 Å². The molecule has 2 fully saturated rings. The fourth-order valence-electron chi connectivity index (χ4n) is 5.67. The Bertz CT molecular complexity index is 326. The Kier molecular flexibility index (Phi) is 5.41. The second kappa shape index (κ2) is 6.58. The van der Waals surface area contributed by atoms with Gasteiger partial charge in [-0.2, -0.15) is 0 Å². The monoisotopic (exact) mass is 294 g/mol. The SMILES string of the molecule is CCC(C1CC(C)C(N)C(C)C1)C1CCC(C)(N)CC1C. The predicted molar refractivity (Wildman–Crippen MR) is 91.9 cm³/mol. The first kappa shape index (κ1) is 17.3. The average molecular weight is 295 g/mol. The van der Waals surface area contributed by atoms with Crippen LogP contribution in [0.5, 0.6) is 0 Å². The van der Waals surface area contributed by atoms with Gasteiger partial charge < -0.3 is 11.5 Å². The minimum absolute atomic E-state index is 0.0731. The van der Waals surface area contributed by atoms with Crippen molar-refractivity contribution in [2.75, 3.05) is 0 Å². The summed E-state index contributed by atoms with van der Waals surface area (Å²) < 4.78 is 0. The molecule has 124 valence electrons. The number of hydrogen-bond acceptors (Lipinski definition) is 2. The van der Waals surface area contributed by atoms with E-state index in [2.05, 4.69) is 34.6 Å². The van der Waals surface area contributed by atoms with Crippen molar-refractivity contribution >= 4 is 0 Å². The van der Waals surface area contributed by atoms with Crippen LogP contribution in [0.3, 0.4) is 0 Å². The summed E-state index contributed by atoms with van der Waals surface area (Å²) in [5.74, 6) is 4.80. The molecule has 4 N–H and O–H groups in total. The molecule has 0 heterocycles. The molecule has 2 aliphatic rings. The maximum Gasteiger partial charge on any atom is 0.0128 e. The lowest BCUT2D eigenvalue weighted by molar-refractivity contribution is 0.0455. The lowest BCUT2D eigenvalue weighted by Crippen LogP contribution is -2.48. The first-order chi connectivity index (χ1) is 9.75. The molecule has 2 saturated carbocycles. The molecule has 6 atom stereocenters. The summed E-state index contributed by atoms with van der Waals surface area (Å²) in [7, 11) is 0. The first-order valence-corrected chi connectivity index (χ1v) is 9.29. The van der Waals surface area contributed by atoms with Crippen molar-refractivity contribution in [1.29, 1.82) is 0 Å². The van der Waals surface area contributed by atoms with Gasteiger partial charge in [-0.1, -0.05) is 34.1 Å². The van der Waals surface area contributed by atoms with Gasteiger partial charge in [0, 0.05) is 11.6 Å². The Morgan fingerprint density at radius 1 is 1.10 bits per heavy atom. The van der Waals surface area contributed by atoms with Gasteiger partial charge in [-0.15, -0.1) is 0 Å². The van der Waals surface area contributed by atoms with Gasteiger partial charge in [0.15, 0.2) is 0 Å². The molecule has 0 aliphatic heterocycles. The zero-order valence-corrected chi connectivity index (χ0v) is 14.9. The van der Waals surface area contributed by atoms with E-state index in [9.17, 15) is 0 Å². The van der Waals surface area contributed by atoms with E-state index in [1.165, 1.54) is 38.5 Å². The van der Waals surface area contributed by atoms with Crippen molar-refractivity contribution in [3.8, 4) is 0 Å². The lowest BCUT2D eigenvalue weighted by Gasteiger charge is -2.48. The summed E-state index contributed by atoms with van der Waals surface area (Å²) in [6.45, 7) is 11.8. The molecule has 0 aromatic heterocycles. The third-order valence-corrected chi connectivity index (χ3v) is 6.86. The van der Waals surface area contributed by atoms with Gasteiger partial charge in [0.25, 0.3) is 0 Å². The molecule has 2 nitrogen and oxygen atoms in total. The molecule has 21 heavy (non-hydrogen) atoms. The smallest absolute Gasteiger partial charge is 0.0128 e. The summed E-state index contributed by atoms with van der Waals surface area (Å²) in [5.41, 5.74) is 12.8. The van der Waals surface area contributed by atoms with E-state index in [0.717, 1.165) is 23.7 Å². The normalized spacial score (nSPS) is 49.9. The van der Waals surface area contributed by atoms with E-state index in [-0.39, 0.29) is 5.54 Å². The van der Waals surface area contributed by atoms with Crippen molar-refractivity contribution in [2.45, 2.75) is 84.7 Å². The molecule has 2 rings (SSSR count). The molecule has 0 aromatic rings. The minimum Gasteiger partial charge on any atom is -0.327 e. The summed E-state index contributed by atoms with van der Waals surface area (Å²) >= 11 is 0. The molecule has 0 spiro atoms. The third-order valence-electron chi connectivity index (χ3n) is 6.86. The topological polar surface area (TPSA) is 52.0 Å². The molecule has 0 amide bonds. The molecule has 0 aromatic carbocycles. The summed E-state index contributed by atoms with van der Waals surface area (Å²) in [5, 5.41) is 0. The van der Waals surface area contributed by atoms with Crippen LogP contribution in [0.15, 0.2) is 0 Å². The summed E-state index contributed by atoms with van der Waals surface area (Å²) in [6.07, 6.45) is 7.75. The maximum absolute atomic E-state index is 6.40. The Balaban J connectivity index is 2.06. The molecule has 6 unspecified atom stereocenters. The van der Waals surface area contributed by atoms with E-state index in [4.69, 9.17) is 11.5 Å². The van der Waals surface area contributed by atoms with Gasteiger partial charge >= 0.3 is 0 Å². The van der Waals surface area contributed by atoms with Crippen LogP contribution >= 0.6 is 0 Å². The van der Waals surface area contributed by atoms with Gasteiger partial charge in [0.2, 0.25) is 0 Å². The average Bonchev–Trinajstić information content (AvgIpc) is 2.38. The summed E-state index contributed by atoms with van der Waals surface area (Å²) in [6, 6.07) is 0.412. The Morgan fingerprint density at radius 3 is 2.14 bits per heavy atom. The highest BCUT2D eigenvalue weighted by atomic mass is 14.7. The number of nitrogens with two attached hydrogens (primary N) is 2. The number of rotatable bonds is 3. The second-order valence-electron chi connectivity index (χ2n) is 8.87. The molecular formula is C19H38N2. The fraction of sp³-hybridized carbons (Fsp3) is 1.00. The molecule has 2 heteroatoms. The van der Waals surface area contributed by atoms with Gasteiger partial charge in [0.1, 0.15) is 0 Å². The van der Waals surface area contributed by atoms with E-state index < -0.39 is 0 Å². The van der Waals surface area contributed by atoms with E-state index in [1.54, 1.807) is 0 Å². The van der Waals surface area contributed by atoms with Crippen LogP contribution in [0.4, 0.5) is 0 Å². The predicted octanol–water partition coefficient (Wildman–Crippen LogP) is 4.18. The largest absolute Gasteiger partial charge is 0.327 e. The minimum atomic E-state index is 0.0731. The maximum atomic E-state index is 6.40. The van der Waals surface area contributed by atoms with Gasteiger partial charge in [-0.3, -0.25) is 0 Å². The van der Waals surface area contributed by atoms with Crippen molar-refractivity contribution in [1.82, 2.24) is 0 Å². The number of hydrogen-bond donors (Lipinski definition) is 2. The van der Waals surface area contributed by atoms with Crippen LogP contribution in [0.1, 0.15) is 73.1 Å². The highest BCUT2D eigenvalue weighted by molar-refractivity contribution is 4.95. The van der Waals surface area contributed by atoms with Crippen LogP contribution in [0, 0.1) is 35.5 Å². The van der Waals surface area contributed by atoms with Crippen molar-refractivity contribution in [3.05, 3.63) is 0 Å². The van der Waals surface area contributed by atoms with Gasteiger partial charge in [-0.25, -0.2) is 0 Å². The molecule has 2 aliphatic carbocycles. The lowest BCUT2D eigenvalue weighted by atomic mass is 9.59. The highest BCUT2D eigenvalue weighted by Gasteiger charge is 2.41. The highest BCUT2D eigenvalue weighted by Crippen LogP contribution is 2.47. The quantitative estimate of drug-likeness (QED) is 0.820. The van der Waals surface area contributed by atoms with Crippen molar-refractivity contribution in [3.63, 3.8) is 0 Å². The van der Waals surface area contributed by atoms with Crippen LogP contribution in [0.2, 0.25) is 0 Å². The zero-order chi connectivity index (χ0) is 15.8. The second-order valence-corrected chi connectivity index (χ2v) is 8.87. The van der Waals surface area contributed by atoms with Crippen LogP contribution in [-0.2, 0) is 0 Å². The van der Waals surface area contributed by atoms with E-state index >= 15 is 0 Å².